The molecule has 0 aromatic heterocycles. The van der Waals surface area contributed by atoms with Gasteiger partial charge in [0.25, 0.3) is 0 Å². The van der Waals surface area contributed by atoms with Gasteiger partial charge in [0, 0.05) is 18.0 Å². The van der Waals surface area contributed by atoms with E-state index in [1.165, 1.54) is 19.3 Å². The molecule has 27 heavy (non-hydrogen) atoms. The molecule has 4 aliphatic carbocycles. The van der Waals surface area contributed by atoms with Crippen LogP contribution in [0, 0.1) is 35.0 Å². The van der Waals surface area contributed by atoms with Gasteiger partial charge < -0.3 is 16.0 Å². The van der Waals surface area contributed by atoms with Crippen molar-refractivity contribution in [1.82, 2.24) is 16.0 Å². The van der Waals surface area contributed by atoms with Crippen LogP contribution in [0.25, 0.3) is 0 Å². The van der Waals surface area contributed by atoms with Crippen LogP contribution >= 0.6 is 0 Å². The molecule has 0 spiro atoms. The predicted molar refractivity (Wildman–Crippen MR) is 106 cm³/mol. The summed E-state index contributed by atoms with van der Waals surface area (Å²) in [5.41, 5.74) is -0.193. The molecule has 5 fully saturated rings. The van der Waals surface area contributed by atoms with Crippen LogP contribution in [0.2, 0.25) is 0 Å². The summed E-state index contributed by atoms with van der Waals surface area (Å²) in [5.74, 6) is 2.93. The zero-order valence-corrected chi connectivity index (χ0v) is 17.2. The van der Waals surface area contributed by atoms with E-state index in [1.54, 1.807) is 0 Å². The first-order chi connectivity index (χ1) is 12.9. The van der Waals surface area contributed by atoms with Gasteiger partial charge in [-0.2, -0.15) is 0 Å². The van der Waals surface area contributed by atoms with Crippen molar-refractivity contribution in [3.8, 4) is 0 Å². The summed E-state index contributed by atoms with van der Waals surface area (Å²) in [6.07, 6.45) is 8.19. The van der Waals surface area contributed by atoms with E-state index in [4.69, 9.17) is 0 Å². The quantitative estimate of drug-likeness (QED) is 0.691. The minimum absolute atomic E-state index is 0.0105. The van der Waals surface area contributed by atoms with Gasteiger partial charge >= 0.3 is 0 Å². The maximum atomic E-state index is 13.4. The third-order valence-electron chi connectivity index (χ3n) is 7.91. The summed E-state index contributed by atoms with van der Waals surface area (Å²) >= 11 is 0. The van der Waals surface area contributed by atoms with Crippen LogP contribution in [0.4, 0.5) is 0 Å². The Bertz CT molecular complexity index is 553. The number of amides is 2. The molecule has 152 valence electrons. The topological polar surface area (TPSA) is 70.2 Å². The van der Waals surface area contributed by atoms with Crippen molar-refractivity contribution in [3.05, 3.63) is 0 Å². The van der Waals surface area contributed by atoms with E-state index < -0.39 is 6.04 Å². The highest BCUT2D eigenvalue weighted by Gasteiger charge is 2.55. The third-order valence-corrected chi connectivity index (χ3v) is 7.91. The summed E-state index contributed by atoms with van der Waals surface area (Å²) in [7, 11) is 0. The van der Waals surface area contributed by atoms with Gasteiger partial charge in [-0.15, -0.1) is 0 Å². The van der Waals surface area contributed by atoms with E-state index in [-0.39, 0.29) is 29.2 Å². The van der Waals surface area contributed by atoms with Crippen molar-refractivity contribution in [2.24, 2.45) is 35.0 Å². The van der Waals surface area contributed by atoms with E-state index in [2.05, 4.69) is 22.9 Å². The minimum Gasteiger partial charge on any atom is -0.350 e. The molecule has 0 aromatic carbocycles. The van der Waals surface area contributed by atoms with E-state index in [0.29, 0.717) is 5.92 Å². The Hall–Kier alpha value is -1.10. The average molecular weight is 376 g/mol. The molecule has 5 nitrogen and oxygen atoms in total. The van der Waals surface area contributed by atoms with E-state index in [0.717, 1.165) is 56.5 Å². The molecule has 2 amide bonds. The Balaban J connectivity index is 1.42. The van der Waals surface area contributed by atoms with Crippen molar-refractivity contribution < 1.29 is 9.59 Å². The number of nitrogens with one attached hydrogen (secondary N) is 3. The van der Waals surface area contributed by atoms with Gasteiger partial charge in [-0.1, -0.05) is 20.8 Å². The fourth-order valence-corrected chi connectivity index (χ4v) is 6.67. The van der Waals surface area contributed by atoms with Crippen molar-refractivity contribution in [2.75, 3.05) is 13.1 Å². The van der Waals surface area contributed by atoms with Gasteiger partial charge in [0.1, 0.15) is 6.04 Å². The molecule has 4 bridgehead atoms. The van der Waals surface area contributed by atoms with Crippen LogP contribution in [0.5, 0.6) is 0 Å². The summed E-state index contributed by atoms with van der Waals surface area (Å²) < 4.78 is 0. The lowest BCUT2D eigenvalue weighted by Crippen LogP contribution is -2.60. The average Bonchev–Trinajstić information content (AvgIpc) is 2.59. The number of hydrogen-bond donors (Lipinski definition) is 3. The zero-order valence-electron chi connectivity index (χ0n) is 17.2. The second-order valence-corrected chi connectivity index (χ2v) is 10.5. The maximum absolute atomic E-state index is 13.4. The lowest BCUT2D eigenvalue weighted by Gasteiger charge is -2.55. The van der Waals surface area contributed by atoms with Crippen LogP contribution in [0.1, 0.15) is 65.7 Å². The van der Waals surface area contributed by atoms with Crippen LogP contribution < -0.4 is 16.0 Å². The number of rotatable bonds is 5. The molecule has 0 aromatic rings. The van der Waals surface area contributed by atoms with E-state index in [1.807, 2.05) is 13.8 Å². The summed E-state index contributed by atoms with van der Waals surface area (Å²) in [5, 5.41) is 9.79. The molecular weight excluding hydrogens is 338 g/mol. The number of piperidine rings is 1. The molecule has 0 radical (unpaired) electrons. The van der Waals surface area contributed by atoms with Crippen LogP contribution in [0.15, 0.2) is 0 Å². The van der Waals surface area contributed by atoms with Crippen LogP contribution in [-0.4, -0.2) is 37.0 Å². The number of carbonyl (C=O) groups is 2. The molecule has 3 N–H and O–H groups in total. The van der Waals surface area contributed by atoms with Gasteiger partial charge in [-0.05, 0) is 81.1 Å². The fourth-order valence-electron chi connectivity index (χ4n) is 6.67. The highest BCUT2D eigenvalue weighted by molar-refractivity contribution is 5.90. The Morgan fingerprint density at radius 3 is 2.15 bits per heavy atom. The highest BCUT2D eigenvalue weighted by Crippen LogP contribution is 2.60. The minimum atomic E-state index is -0.431. The first-order valence-corrected chi connectivity index (χ1v) is 11.2. The summed E-state index contributed by atoms with van der Waals surface area (Å²) in [6.45, 7) is 8.11. The zero-order chi connectivity index (χ0) is 19.2. The van der Waals surface area contributed by atoms with E-state index in [9.17, 15) is 9.59 Å². The number of carbonyl (C=O) groups excluding carboxylic acids is 2. The SMILES string of the molecule is CC(C)C(NC(=O)C12CC3CC(CC(C3)C1)C2)C(=O)NC1CNCCC1C. The maximum Gasteiger partial charge on any atom is 0.243 e. The van der Waals surface area contributed by atoms with Crippen LogP contribution in [0.3, 0.4) is 0 Å². The Kier molecular flexibility index (Phi) is 5.26. The molecule has 5 heteroatoms. The highest BCUT2D eigenvalue weighted by atomic mass is 16.2. The standard InChI is InChI=1S/C22H37N3O2/c1-13(2)19(20(26)24-18-12-23-5-4-14(18)3)25-21(27)22-9-15-6-16(10-22)8-17(7-15)11-22/h13-19,23H,4-12H2,1-3H3,(H,24,26)(H,25,27). The normalized spacial score (nSPS) is 41.4. The summed E-state index contributed by atoms with van der Waals surface area (Å²) in [6, 6.07) is -0.274. The first-order valence-electron chi connectivity index (χ1n) is 11.2. The first kappa shape index (κ1) is 19.2. The van der Waals surface area contributed by atoms with Crippen molar-refractivity contribution in [1.29, 1.82) is 0 Å². The lowest BCUT2D eigenvalue weighted by molar-refractivity contribution is -0.149. The van der Waals surface area contributed by atoms with Crippen molar-refractivity contribution in [3.63, 3.8) is 0 Å². The largest absolute Gasteiger partial charge is 0.350 e. The fraction of sp³-hybridized carbons (Fsp3) is 0.909. The molecule has 3 atom stereocenters. The molecule has 3 unspecified atom stereocenters. The molecule has 4 saturated carbocycles. The number of hydrogen-bond acceptors (Lipinski definition) is 3. The molecule has 5 rings (SSSR count). The molecule has 1 aliphatic heterocycles. The lowest BCUT2D eigenvalue weighted by atomic mass is 9.49. The van der Waals surface area contributed by atoms with E-state index >= 15 is 0 Å². The smallest absolute Gasteiger partial charge is 0.243 e. The predicted octanol–water partition coefficient (Wildman–Crippen LogP) is 2.46. The van der Waals surface area contributed by atoms with Crippen LogP contribution in [-0.2, 0) is 9.59 Å². The Labute approximate surface area is 163 Å². The van der Waals surface area contributed by atoms with Gasteiger partial charge in [-0.25, -0.2) is 0 Å². The second-order valence-electron chi connectivity index (χ2n) is 10.5. The van der Waals surface area contributed by atoms with Gasteiger partial charge in [0.15, 0.2) is 0 Å². The molecule has 1 saturated heterocycles. The van der Waals surface area contributed by atoms with Crippen molar-refractivity contribution >= 4 is 11.8 Å². The van der Waals surface area contributed by atoms with Gasteiger partial charge in [0.2, 0.25) is 11.8 Å². The molecular formula is C22H37N3O2. The molecule has 5 aliphatic rings. The van der Waals surface area contributed by atoms with Crippen molar-refractivity contribution in [2.45, 2.75) is 77.8 Å². The molecule has 1 heterocycles. The van der Waals surface area contributed by atoms with Gasteiger partial charge in [0.05, 0.1) is 0 Å². The monoisotopic (exact) mass is 375 g/mol. The Morgan fingerprint density at radius 1 is 1.04 bits per heavy atom. The summed E-state index contributed by atoms with van der Waals surface area (Å²) in [4.78, 5) is 26.4. The third kappa shape index (κ3) is 3.76. The second kappa shape index (κ2) is 7.38. The Morgan fingerprint density at radius 2 is 1.63 bits per heavy atom. The van der Waals surface area contributed by atoms with Gasteiger partial charge in [-0.3, -0.25) is 9.59 Å².